The van der Waals surface area contributed by atoms with Crippen molar-refractivity contribution >= 4 is 28.2 Å². The van der Waals surface area contributed by atoms with Crippen LogP contribution in [-0.4, -0.2) is 61.2 Å². The van der Waals surface area contributed by atoms with Gasteiger partial charge >= 0.3 is 0 Å². The molecule has 1 saturated heterocycles. The van der Waals surface area contributed by atoms with E-state index in [1.807, 2.05) is 23.6 Å². The van der Waals surface area contributed by atoms with E-state index < -0.39 is 0 Å². The van der Waals surface area contributed by atoms with Gasteiger partial charge < -0.3 is 15.0 Å². The van der Waals surface area contributed by atoms with Crippen molar-refractivity contribution in [3.05, 3.63) is 45.4 Å². The van der Waals surface area contributed by atoms with Crippen LogP contribution in [0.1, 0.15) is 36.6 Å². The van der Waals surface area contributed by atoms with E-state index in [1.54, 1.807) is 7.11 Å². The second-order valence-electron chi connectivity index (χ2n) is 7.99. The van der Waals surface area contributed by atoms with Gasteiger partial charge in [0.05, 0.1) is 11.0 Å². The minimum absolute atomic E-state index is 0.486. The van der Waals surface area contributed by atoms with Crippen LogP contribution in [0.15, 0.2) is 24.4 Å². The Morgan fingerprint density at radius 3 is 3.00 bits per heavy atom. The number of pyridine rings is 1. The molecule has 1 fully saturated rings. The van der Waals surface area contributed by atoms with Crippen LogP contribution < -0.4 is 15.9 Å². The second-order valence-corrected chi connectivity index (χ2v) is 9.07. The summed E-state index contributed by atoms with van der Waals surface area (Å²) in [7, 11) is 4.01. The Balaban J connectivity index is 1.82. The minimum atomic E-state index is 0.486. The molecule has 0 bridgehead atoms. The van der Waals surface area contributed by atoms with Gasteiger partial charge in [0.2, 0.25) is 0 Å². The maximum absolute atomic E-state index is 5.36. The molecule has 0 radical (unpaired) electrons. The number of fused-ring (bicyclic) bond motifs is 2. The van der Waals surface area contributed by atoms with Crippen molar-refractivity contribution in [1.82, 2.24) is 14.8 Å². The molecule has 4 rings (SSSR count). The molecule has 28 heavy (non-hydrogen) atoms. The molecule has 1 unspecified atom stereocenters. The average molecular weight is 399 g/mol. The number of piperazine rings is 1. The summed E-state index contributed by atoms with van der Waals surface area (Å²) in [5.41, 5.74) is 2.56. The lowest BCUT2D eigenvalue weighted by atomic mass is 10.0. The summed E-state index contributed by atoms with van der Waals surface area (Å²) in [5, 5.41) is 7.01. The average Bonchev–Trinajstić information content (AvgIpc) is 3.05. The van der Waals surface area contributed by atoms with Crippen molar-refractivity contribution in [2.45, 2.75) is 32.2 Å². The number of hydrogen-bond acceptors (Lipinski definition) is 6. The van der Waals surface area contributed by atoms with Crippen LogP contribution in [0.4, 0.5) is 5.00 Å². The third-order valence-electron chi connectivity index (χ3n) is 5.75. The molecular formula is C22H30N4OS. The first kappa shape index (κ1) is 19.4. The van der Waals surface area contributed by atoms with Gasteiger partial charge in [-0.15, -0.1) is 11.3 Å². The molecule has 0 spiro atoms. The van der Waals surface area contributed by atoms with E-state index >= 15 is 0 Å². The maximum Gasteiger partial charge on any atom is 0.102 e. The summed E-state index contributed by atoms with van der Waals surface area (Å²) < 4.78 is 5.36. The van der Waals surface area contributed by atoms with Gasteiger partial charge in [-0.05, 0) is 37.6 Å². The molecule has 1 N–H and O–H groups in total. The van der Waals surface area contributed by atoms with Crippen LogP contribution in [-0.2, 0) is 4.74 Å². The number of anilines is 1. The van der Waals surface area contributed by atoms with Crippen molar-refractivity contribution < 1.29 is 4.74 Å². The number of nitrogens with one attached hydrogen (secondary N) is 1. The van der Waals surface area contributed by atoms with Gasteiger partial charge in [-0.3, -0.25) is 9.88 Å². The molecule has 2 aliphatic rings. The van der Waals surface area contributed by atoms with Gasteiger partial charge in [0.15, 0.2) is 0 Å². The van der Waals surface area contributed by atoms with Crippen LogP contribution in [0.5, 0.6) is 0 Å². The second kappa shape index (κ2) is 8.23. The van der Waals surface area contributed by atoms with Crippen molar-refractivity contribution in [1.29, 1.82) is 0 Å². The topological polar surface area (TPSA) is 40.6 Å². The number of nitrogens with zero attached hydrogens (tertiary/aromatic N) is 3. The van der Waals surface area contributed by atoms with Gasteiger partial charge in [-0.25, -0.2) is 0 Å². The van der Waals surface area contributed by atoms with Gasteiger partial charge in [0.1, 0.15) is 5.00 Å². The molecule has 2 aromatic heterocycles. The zero-order valence-corrected chi connectivity index (χ0v) is 18.1. The lowest BCUT2D eigenvalue weighted by molar-refractivity contribution is 0.0960. The van der Waals surface area contributed by atoms with Gasteiger partial charge in [-0.1, -0.05) is 13.8 Å². The van der Waals surface area contributed by atoms with Crippen molar-refractivity contribution in [3.63, 3.8) is 0 Å². The number of aromatic nitrogens is 1. The number of methoxy groups -OCH3 is 1. The highest BCUT2D eigenvalue weighted by molar-refractivity contribution is 7.16. The van der Waals surface area contributed by atoms with Crippen molar-refractivity contribution in [2.75, 3.05) is 45.7 Å². The highest BCUT2D eigenvalue weighted by Crippen LogP contribution is 2.38. The van der Waals surface area contributed by atoms with Crippen LogP contribution in [0, 0.1) is 0 Å². The molecule has 150 valence electrons. The van der Waals surface area contributed by atoms with E-state index in [2.05, 4.69) is 54.3 Å². The molecule has 2 aromatic rings. The van der Waals surface area contributed by atoms with Crippen molar-refractivity contribution in [2.24, 2.45) is 0 Å². The first-order valence-corrected chi connectivity index (χ1v) is 10.9. The Labute approximate surface area is 171 Å². The molecule has 6 heteroatoms. The third-order valence-corrected chi connectivity index (χ3v) is 7.11. The van der Waals surface area contributed by atoms with E-state index in [0.717, 1.165) is 43.2 Å². The Morgan fingerprint density at radius 1 is 1.36 bits per heavy atom. The summed E-state index contributed by atoms with van der Waals surface area (Å²) in [6.07, 6.45) is 5.06. The quantitative estimate of drug-likeness (QED) is 0.837. The van der Waals surface area contributed by atoms with Crippen LogP contribution >= 0.6 is 11.3 Å². The summed E-state index contributed by atoms with van der Waals surface area (Å²) in [6, 6.07) is 7.01. The van der Waals surface area contributed by atoms with E-state index in [4.69, 9.17) is 9.72 Å². The highest BCUT2D eigenvalue weighted by atomic mass is 32.1. The van der Waals surface area contributed by atoms with E-state index in [-0.39, 0.29) is 0 Å². The molecule has 2 aliphatic heterocycles. The molecule has 0 saturated carbocycles. The van der Waals surface area contributed by atoms with Gasteiger partial charge in [0.25, 0.3) is 0 Å². The zero-order chi connectivity index (χ0) is 19.7. The number of rotatable bonds is 5. The molecule has 4 heterocycles. The SMILES string of the molecule is COCCC1CN(C2=c3ncccc3=CNc3sc(C(C)C)cc32)CCN1C. The number of likely N-dealkylation sites (N-methyl/N-ethyl adjacent to an activating group) is 1. The fraction of sp³-hybridized carbons (Fsp3) is 0.500. The van der Waals surface area contributed by atoms with E-state index in [0.29, 0.717) is 12.0 Å². The smallest absolute Gasteiger partial charge is 0.102 e. The molecule has 1 atom stereocenters. The number of hydrogen-bond donors (Lipinski definition) is 1. The third kappa shape index (κ3) is 3.69. The molecule has 0 amide bonds. The predicted octanol–water partition coefficient (Wildman–Crippen LogP) is 2.24. The minimum Gasteiger partial charge on any atom is -0.385 e. The lowest BCUT2D eigenvalue weighted by Gasteiger charge is -2.41. The first-order valence-electron chi connectivity index (χ1n) is 10.1. The Morgan fingerprint density at radius 2 is 2.21 bits per heavy atom. The monoisotopic (exact) mass is 398 g/mol. The summed E-state index contributed by atoms with van der Waals surface area (Å²) in [4.78, 5) is 11.2. The van der Waals surface area contributed by atoms with Crippen molar-refractivity contribution in [3.8, 4) is 0 Å². The molecular weight excluding hydrogens is 368 g/mol. The standard InChI is InChI=1S/C22H30N4OS/c1-15(2)19-12-18-21(26-10-9-25(3)17(14-26)7-11-27-4)20-16(6-5-8-23-20)13-24-22(18)28-19/h5-6,8,12-13,15,17,24H,7,9-11,14H2,1-4H3. The lowest BCUT2D eigenvalue weighted by Crippen LogP contribution is -2.52. The number of thiophene rings is 1. The molecule has 5 nitrogen and oxygen atoms in total. The largest absolute Gasteiger partial charge is 0.385 e. The Bertz CT molecular complexity index is 952. The normalized spacial score (nSPS) is 19.7. The summed E-state index contributed by atoms with van der Waals surface area (Å²) >= 11 is 1.86. The van der Waals surface area contributed by atoms with E-state index in [1.165, 1.54) is 21.1 Å². The summed E-state index contributed by atoms with van der Waals surface area (Å²) in [5.74, 6) is 0.519. The van der Waals surface area contributed by atoms with Crippen LogP contribution in [0.2, 0.25) is 0 Å². The van der Waals surface area contributed by atoms with Crippen LogP contribution in [0.25, 0.3) is 11.9 Å². The maximum atomic E-state index is 5.36. The Kier molecular flexibility index (Phi) is 5.71. The van der Waals surface area contributed by atoms with E-state index in [9.17, 15) is 0 Å². The first-order chi connectivity index (χ1) is 13.6. The molecule has 0 aliphatic carbocycles. The molecule has 0 aromatic carbocycles. The fourth-order valence-electron chi connectivity index (χ4n) is 4.02. The fourth-order valence-corrected chi connectivity index (χ4v) is 5.05. The predicted molar refractivity (Wildman–Crippen MR) is 117 cm³/mol. The van der Waals surface area contributed by atoms with Gasteiger partial charge in [-0.2, -0.15) is 0 Å². The summed E-state index contributed by atoms with van der Waals surface area (Å²) in [6.45, 7) is 8.38. The van der Waals surface area contributed by atoms with Gasteiger partial charge in [0, 0.05) is 67.4 Å². The van der Waals surface area contributed by atoms with Crippen LogP contribution in [0.3, 0.4) is 0 Å². The number of ether oxygens (including phenoxy) is 1. The highest BCUT2D eigenvalue weighted by Gasteiger charge is 2.29. The Hall–Kier alpha value is -1.89. The zero-order valence-electron chi connectivity index (χ0n) is 17.2.